The molecule has 1 rings (SSSR count). The number of ether oxygens (including phenoxy) is 1. The van der Waals surface area contributed by atoms with Gasteiger partial charge in [0.15, 0.2) is 0 Å². The van der Waals surface area contributed by atoms with Crippen LogP contribution in [0.3, 0.4) is 0 Å². The number of phenolic OH excluding ortho intramolecular Hbond substituents is 1. The van der Waals surface area contributed by atoms with Crippen LogP contribution in [-0.4, -0.2) is 31.3 Å². The first-order valence-electron chi connectivity index (χ1n) is 5.58. The molecule has 18 heavy (non-hydrogen) atoms. The number of rotatable bonds is 7. The summed E-state index contributed by atoms with van der Waals surface area (Å²) < 4.78 is 41.0. The fourth-order valence-corrected chi connectivity index (χ4v) is 1.51. The molecule has 0 saturated carbocycles. The van der Waals surface area contributed by atoms with E-state index >= 15 is 0 Å². The van der Waals surface area contributed by atoms with Gasteiger partial charge in [-0.1, -0.05) is 6.07 Å². The predicted octanol–water partition coefficient (Wildman–Crippen LogP) is 2.46. The Morgan fingerprint density at radius 1 is 1.39 bits per heavy atom. The van der Waals surface area contributed by atoms with E-state index in [9.17, 15) is 18.3 Å². The molecule has 0 spiro atoms. The molecule has 1 atom stereocenters. The van der Waals surface area contributed by atoms with E-state index in [1.54, 1.807) is 6.92 Å². The smallest absolute Gasteiger partial charge is 0.261 e. The molecule has 0 amide bonds. The maximum absolute atomic E-state index is 12.8. The molecule has 0 bridgehead atoms. The van der Waals surface area contributed by atoms with Gasteiger partial charge < -0.3 is 15.2 Å². The highest BCUT2D eigenvalue weighted by Gasteiger charge is 2.10. The van der Waals surface area contributed by atoms with Gasteiger partial charge >= 0.3 is 0 Å². The van der Waals surface area contributed by atoms with Crippen LogP contribution in [0.5, 0.6) is 5.75 Å². The Bertz CT molecular complexity index is 374. The van der Waals surface area contributed by atoms with Crippen LogP contribution in [0, 0.1) is 5.82 Å². The van der Waals surface area contributed by atoms with Gasteiger partial charge in [0, 0.05) is 24.2 Å². The number of hydrogen-bond donors (Lipinski definition) is 2. The molecule has 0 saturated heterocycles. The number of alkyl halides is 2. The second-order valence-corrected chi connectivity index (χ2v) is 3.84. The van der Waals surface area contributed by atoms with E-state index in [0.29, 0.717) is 12.1 Å². The van der Waals surface area contributed by atoms with E-state index in [4.69, 9.17) is 4.74 Å². The maximum Gasteiger partial charge on any atom is 0.261 e. The minimum Gasteiger partial charge on any atom is -0.508 e. The Morgan fingerprint density at radius 2 is 2.11 bits per heavy atom. The first-order chi connectivity index (χ1) is 8.50. The SMILES string of the molecule is CC(NCCOCC(F)F)c1ccc(F)cc1O. The largest absolute Gasteiger partial charge is 0.508 e. The van der Waals surface area contributed by atoms with Crippen molar-refractivity contribution >= 4 is 0 Å². The van der Waals surface area contributed by atoms with Crippen molar-refractivity contribution in [2.24, 2.45) is 0 Å². The first-order valence-corrected chi connectivity index (χ1v) is 5.58. The molecule has 0 aliphatic heterocycles. The van der Waals surface area contributed by atoms with Crippen molar-refractivity contribution in [3.05, 3.63) is 29.6 Å². The number of halogens is 3. The number of hydrogen-bond acceptors (Lipinski definition) is 3. The average molecular weight is 263 g/mol. The molecule has 6 heteroatoms. The lowest BCUT2D eigenvalue weighted by atomic mass is 10.1. The zero-order valence-corrected chi connectivity index (χ0v) is 10.00. The summed E-state index contributed by atoms with van der Waals surface area (Å²) >= 11 is 0. The molecule has 0 fully saturated rings. The van der Waals surface area contributed by atoms with Gasteiger partial charge in [-0.2, -0.15) is 0 Å². The van der Waals surface area contributed by atoms with Crippen LogP contribution in [0.1, 0.15) is 18.5 Å². The van der Waals surface area contributed by atoms with Crippen molar-refractivity contribution in [1.82, 2.24) is 5.32 Å². The summed E-state index contributed by atoms with van der Waals surface area (Å²) in [5.74, 6) is -0.646. The van der Waals surface area contributed by atoms with Crippen molar-refractivity contribution < 1.29 is 23.0 Å². The number of aromatic hydroxyl groups is 1. The van der Waals surface area contributed by atoms with Gasteiger partial charge in [0.2, 0.25) is 0 Å². The fraction of sp³-hybridized carbons (Fsp3) is 0.500. The molecule has 2 N–H and O–H groups in total. The fourth-order valence-electron chi connectivity index (χ4n) is 1.51. The highest BCUT2D eigenvalue weighted by Crippen LogP contribution is 2.24. The van der Waals surface area contributed by atoms with Crippen molar-refractivity contribution in [2.75, 3.05) is 19.8 Å². The van der Waals surface area contributed by atoms with Gasteiger partial charge in [-0.15, -0.1) is 0 Å². The van der Waals surface area contributed by atoms with Gasteiger partial charge in [-0.05, 0) is 13.0 Å². The van der Waals surface area contributed by atoms with Crippen LogP contribution < -0.4 is 5.32 Å². The zero-order valence-electron chi connectivity index (χ0n) is 10.00. The van der Waals surface area contributed by atoms with Crippen LogP contribution in [-0.2, 0) is 4.74 Å². The molecule has 1 aromatic rings. The average Bonchev–Trinajstić information content (AvgIpc) is 2.27. The van der Waals surface area contributed by atoms with E-state index in [2.05, 4.69) is 5.32 Å². The van der Waals surface area contributed by atoms with Gasteiger partial charge in [0.1, 0.15) is 18.2 Å². The third-order valence-electron chi connectivity index (χ3n) is 2.40. The van der Waals surface area contributed by atoms with Crippen LogP contribution in [0.25, 0.3) is 0 Å². The topological polar surface area (TPSA) is 41.5 Å². The highest BCUT2D eigenvalue weighted by atomic mass is 19.3. The Balaban J connectivity index is 2.34. The normalized spacial score (nSPS) is 12.9. The van der Waals surface area contributed by atoms with Crippen LogP contribution in [0.15, 0.2) is 18.2 Å². The van der Waals surface area contributed by atoms with E-state index in [0.717, 1.165) is 6.07 Å². The second-order valence-electron chi connectivity index (χ2n) is 3.84. The quantitative estimate of drug-likeness (QED) is 0.742. The first kappa shape index (κ1) is 14.8. The minimum atomic E-state index is -2.47. The summed E-state index contributed by atoms with van der Waals surface area (Å²) in [5.41, 5.74) is 0.547. The Hall–Kier alpha value is -1.27. The van der Waals surface area contributed by atoms with Crippen molar-refractivity contribution in [1.29, 1.82) is 0 Å². The Morgan fingerprint density at radius 3 is 2.72 bits per heavy atom. The number of phenols is 1. The maximum atomic E-state index is 12.8. The molecule has 0 heterocycles. The number of nitrogens with one attached hydrogen (secondary N) is 1. The summed E-state index contributed by atoms with van der Waals surface area (Å²) in [6.07, 6.45) is -2.47. The molecular weight excluding hydrogens is 247 g/mol. The Labute approximate surface area is 104 Å². The lowest BCUT2D eigenvalue weighted by Gasteiger charge is -2.15. The molecule has 3 nitrogen and oxygen atoms in total. The molecule has 1 unspecified atom stereocenters. The summed E-state index contributed by atoms with van der Waals surface area (Å²) in [7, 11) is 0. The van der Waals surface area contributed by atoms with Crippen LogP contribution >= 0.6 is 0 Å². The third-order valence-corrected chi connectivity index (χ3v) is 2.40. The summed E-state index contributed by atoms with van der Waals surface area (Å²) in [4.78, 5) is 0. The van der Waals surface area contributed by atoms with Gasteiger partial charge in [0.05, 0.1) is 6.61 Å². The van der Waals surface area contributed by atoms with Crippen molar-refractivity contribution in [3.63, 3.8) is 0 Å². The van der Waals surface area contributed by atoms with E-state index < -0.39 is 18.8 Å². The standard InChI is InChI=1S/C12H16F3NO2/c1-8(16-4-5-18-7-12(14)15)10-3-2-9(13)6-11(10)17/h2-3,6,8,12,16-17H,4-5,7H2,1H3. The highest BCUT2D eigenvalue weighted by molar-refractivity contribution is 5.34. The lowest BCUT2D eigenvalue weighted by Crippen LogP contribution is -2.24. The van der Waals surface area contributed by atoms with Crippen molar-refractivity contribution in [3.8, 4) is 5.75 Å². The molecule has 102 valence electrons. The van der Waals surface area contributed by atoms with Gasteiger partial charge in [-0.3, -0.25) is 0 Å². The van der Waals surface area contributed by atoms with E-state index in [-0.39, 0.29) is 18.4 Å². The lowest BCUT2D eigenvalue weighted by molar-refractivity contribution is 0.0183. The summed E-state index contributed by atoms with van der Waals surface area (Å²) in [6, 6.07) is 3.53. The van der Waals surface area contributed by atoms with Gasteiger partial charge in [0.25, 0.3) is 6.43 Å². The molecule has 1 aromatic carbocycles. The number of benzene rings is 1. The minimum absolute atomic E-state index is 0.136. The molecule has 0 aliphatic rings. The monoisotopic (exact) mass is 263 g/mol. The van der Waals surface area contributed by atoms with Crippen LogP contribution in [0.4, 0.5) is 13.2 Å². The second kappa shape index (κ2) is 7.23. The predicted molar refractivity (Wildman–Crippen MR) is 61.3 cm³/mol. The van der Waals surface area contributed by atoms with E-state index in [1.807, 2.05) is 0 Å². The molecule has 0 aliphatic carbocycles. The molecule has 0 aromatic heterocycles. The molecular formula is C12H16F3NO2. The third kappa shape index (κ3) is 4.93. The van der Waals surface area contributed by atoms with E-state index in [1.165, 1.54) is 12.1 Å². The summed E-state index contributed by atoms with van der Waals surface area (Å²) in [5, 5.41) is 12.5. The summed E-state index contributed by atoms with van der Waals surface area (Å²) in [6.45, 7) is 1.71. The Kier molecular flexibility index (Phi) is 5.94. The van der Waals surface area contributed by atoms with Crippen molar-refractivity contribution in [2.45, 2.75) is 19.4 Å². The zero-order chi connectivity index (χ0) is 13.5. The van der Waals surface area contributed by atoms with Gasteiger partial charge in [-0.25, -0.2) is 13.2 Å². The molecule has 0 radical (unpaired) electrons. The van der Waals surface area contributed by atoms with Crippen LogP contribution in [0.2, 0.25) is 0 Å².